The van der Waals surface area contributed by atoms with E-state index in [0.717, 1.165) is 51.8 Å². The molecule has 5 nitrogen and oxygen atoms in total. The maximum absolute atomic E-state index is 6.55. The lowest BCUT2D eigenvalue weighted by Gasteiger charge is -2.22. The van der Waals surface area contributed by atoms with Gasteiger partial charge in [-0.25, -0.2) is 19.9 Å². The molecule has 0 bridgehead atoms. The smallest absolute Gasteiger partial charge is 0.227 e. The average molecular weight is 727 g/mol. The Morgan fingerprint density at radius 3 is 1.96 bits per heavy atom. The molecular formula is C49H34N4OS. The zero-order chi connectivity index (χ0) is 36.7. The fraction of sp³-hybridized carbons (Fsp3) is 0.102. The van der Waals surface area contributed by atoms with Gasteiger partial charge in [0.05, 0.1) is 0 Å². The van der Waals surface area contributed by atoms with Crippen molar-refractivity contribution in [2.24, 2.45) is 0 Å². The monoisotopic (exact) mass is 726 g/mol. The van der Waals surface area contributed by atoms with Gasteiger partial charge in [-0.3, -0.25) is 0 Å². The SMILES string of the molecule is CC1(C)c2cc(C3=CCCc4c3sc3c(-c5nc(-c6ccccc6)nc(-c6ccccc6)n5)cccc43)ccc2-c2c1ccc1nc(-c3ccccc3)oc21. The van der Waals surface area contributed by atoms with Crippen LogP contribution in [0.5, 0.6) is 0 Å². The minimum Gasteiger partial charge on any atom is -0.435 e. The minimum absolute atomic E-state index is 0.203. The van der Waals surface area contributed by atoms with E-state index in [9.17, 15) is 0 Å². The Morgan fingerprint density at radius 2 is 1.25 bits per heavy atom. The van der Waals surface area contributed by atoms with Gasteiger partial charge in [-0.15, -0.1) is 11.3 Å². The lowest BCUT2D eigenvalue weighted by Crippen LogP contribution is -2.15. The Morgan fingerprint density at radius 1 is 0.582 bits per heavy atom. The summed E-state index contributed by atoms with van der Waals surface area (Å²) in [7, 11) is 0. The van der Waals surface area contributed by atoms with E-state index in [1.165, 1.54) is 48.4 Å². The van der Waals surface area contributed by atoms with Crippen molar-refractivity contribution in [3.8, 4) is 56.7 Å². The molecule has 0 fully saturated rings. The van der Waals surface area contributed by atoms with Gasteiger partial charge < -0.3 is 4.42 Å². The highest BCUT2D eigenvalue weighted by molar-refractivity contribution is 7.21. The predicted molar refractivity (Wildman–Crippen MR) is 224 cm³/mol. The topological polar surface area (TPSA) is 64.7 Å². The van der Waals surface area contributed by atoms with Crippen LogP contribution in [0.2, 0.25) is 0 Å². The number of thiophene rings is 1. The van der Waals surface area contributed by atoms with Crippen molar-refractivity contribution in [1.82, 2.24) is 19.9 Å². The molecule has 6 heteroatoms. The summed E-state index contributed by atoms with van der Waals surface area (Å²) in [5.74, 6) is 2.68. The lowest BCUT2D eigenvalue weighted by molar-refractivity contribution is 0.618. The molecule has 0 unspecified atom stereocenters. The molecule has 11 rings (SSSR count). The Bertz CT molecular complexity index is 2940. The second-order valence-electron chi connectivity index (χ2n) is 14.9. The molecule has 262 valence electrons. The molecule has 3 heterocycles. The number of oxazole rings is 1. The van der Waals surface area contributed by atoms with Gasteiger partial charge in [-0.1, -0.05) is 129 Å². The quantitative estimate of drug-likeness (QED) is 0.177. The summed E-state index contributed by atoms with van der Waals surface area (Å²) in [6.45, 7) is 4.66. The predicted octanol–water partition coefficient (Wildman–Crippen LogP) is 12.6. The summed E-state index contributed by atoms with van der Waals surface area (Å²) < 4.78 is 7.76. The molecule has 0 N–H and O–H groups in total. The van der Waals surface area contributed by atoms with Gasteiger partial charge in [0.15, 0.2) is 23.1 Å². The molecule has 0 atom stereocenters. The van der Waals surface area contributed by atoms with Gasteiger partial charge in [0.2, 0.25) is 5.89 Å². The van der Waals surface area contributed by atoms with Gasteiger partial charge in [-0.2, -0.15) is 0 Å². The van der Waals surface area contributed by atoms with Crippen LogP contribution in [0.1, 0.15) is 47.4 Å². The Balaban J connectivity index is 1.03. The number of hydrogen-bond donors (Lipinski definition) is 0. The molecule has 0 saturated carbocycles. The molecule has 2 aliphatic carbocycles. The first-order valence-corrected chi connectivity index (χ1v) is 19.6. The number of nitrogens with zero attached hydrogens (tertiary/aromatic N) is 4. The summed E-state index contributed by atoms with van der Waals surface area (Å²) in [6, 6.07) is 48.5. The first-order valence-electron chi connectivity index (χ1n) is 18.8. The van der Waals surface area contributed by atoms with Crippen molar-refractivity contribution in [3.05, 3.63) is 173 Å². The third kappa shape index (κ3) is 5.05. The standard InChI is InChI=1S/C49H34N4OS/c1-49(2)38-26-27-40-42(54-48(50-40)31-18-10-5-11-19-31)41(38)36-25-24-32(28-39(36)49)33-20-12-21-34-35-22-13-23-37(44(35)55-43(33)34)47-52-45(29-14-6-3-7-15-29)51-46(53-47)30-16-8-4-9-17-30/h3-11,13-20,22-28H,12,21H2,1-2H3. The Hall–Kier alpha value is -6.50. The van der Waals surface area contributed by atoms with Crippen LogP contribution in [0.3, 0.4) is 0 Å². The molecular weight excluding hydrogens is 693 g/mol. The Labute approximate surface area is 322 Å². The second kappa shape index (κ2) is 12.3. The van der Waals surface area contributed by atoms with Crippen LogP contribution in [0.4, 0.5) is 0 Å². The molecule has 3 aromatic heterocycles. The molecule has 0 radical (unpaired) electrons. The summed E-state index contributed by atoms with van der Waals surface area (Å²) in [4.78, 5) is 21.4. The molecule has 0 saturated heterocycles. The zero-order valence-corrected chi connectivity index (χ0v) is 31.2. The largest absolute Gasteiger partial charge is 0.435 e. The molecule has 0 aliphatic heterocycles. The number of benzene rings is 6. The third-order valence-electron chi connectivity index (χ3n) is 11.3. The van der Waals surface area contributed by atoms with E-state index in [4.69, 9.17) is 24.4 Å². The molecule has 55 heavy (non-hydrogen) atoms. The molecule has 9 aromatic rings. The number of rotatable bonds is 5. The highest BCUT2D eigenvalue weighted by Gasteiger charge is 2.38. The number of hydrogen-bond acceptors (Lipinski definition) is 6. The summed E-state index contributed by atoms with van der Waals surface area (Å²) in [5, 5.41) is 1.28. The van der Waals surface area contributed by atoms with Crippen LogP contribution in [-0.2, 0) is 11.8 Å². The average Bonchev–Trinajstić information content (AvgIpc) is 3.92. The van der Waals surface area contributed by atoms with Crippen LogP contribution < -0.4 is 0 Å². The van der Waals surface area contributed by atoms with Crippen molar-refractivity contribution in [3.63, 3.8) is 0 Å². The van der Waals surface area contributed by atoms with E-state index >= 15 is 0 Å². The maximum atomic E-state index is 6.55. The Kier molecular flexibility index (Phi) is 7.13. The number of allylic oxidation sites excluding steroid dienone is 1. The normalized spacial score (nSPS) is 14.1. The van der Waals surface area contributed by atoms with Crippen molar-refractivity contribution < 1.29 is 4.42 Å². The van der Waals surface area contributed by atoms with E-state index in [-0.39, 0.29) is 5.41 Å². The molecule has 0 amide bonds. The van der Waals surface area contributed by atoms with Gasteiger partial charge in [0, 0.05) is 42.8 Å². The summed E-state index contributed by atoms with van der Waals surface area (Å²) in [6.07, 6.45) is 4.42. The highest BCUT2D eigenvalue weighted by atomic mass is 32.1. The number of aromatic nitrogens is 4. The first kappa shape index (κ1) is 32.0. The summed E-state index contributed by atoms with van der Waals surface area (Å²) >= 11 is 1.86. The van der Waals surface area contributed by atoms with Crippen LogP contribution in [-0.4, -0.2) is 19.9 Å². The van der Waals surface area contributed by atoms with Gasteiger partial charge in [-0.05, 0) is 82.0 Å². The van der Waals surface area contributed by atoms with E-state index in [2.05, 4.69) is 92.7 Å². The van der Waals surface area contributed by atoms with Crippen molar-refractivity contribution in [2.75, 3.05) is 0 Å². The van der Waals surface area contributed by atoms with Crippen molar-refractivity contribution in [1.29, 1.82) is 0 Å². The van der Waals surface area contributed by atoms with Crippen LogP contribution in [0, 0.1) is 0 Å². The van der Waals surface area contributed by atoms with E-state index in [1.54, 1.807) is 0 Å². The highest BCUT2D eigenvalue weighted by Crippen LogP contribution is 2.53. The number of fused-ring (bicyclic) bond motifs is 8. The minimum atomic E-state index is -0.203. The van der Waals surface area contributed by atoms with Gasteiger partial charge in [0.1, 0.15) is 5.52 Å². The zero-order valence-electron chi connectivity index (χ0n) is 30.4. The van der Waals surface area contributed by atoms with Gasteiger partial charge in [0.25, 0.3) is 0 Å². The lowest BCUT2D eigenvalue weighted by atomic mass is 9.81. The first-order chi connectivity index (χ1) is 27.0. The van der Waals surface area contributed by atoms with Crippen LogP contribution >= 0.6 is 11.3 Å². The fourth-order valence-electron chi connectivity index (χ4n) is 8.52. The second-order valence-corrected chi connectivity index (χ2v) is 15.9. The van der Waals surface area contributed by atoms with E-state index < -0.39 is 0 Å². The van der Waals surface area contributed by atoms with Crippen molar-refractivity contribution in [2.45, 2.75) is 32.1 Å². The third-order valence-corrected chi connectivity index (χ3v) is 12.6. The molecule has 6 aromatic carbocycles. The van der Waals surface area contributed by atoms with Crippen LogP contribution in [0.25, 0.3) is 83.5 Å². The van der Waals surface area contributed by atoms with E-state index in [1.807, 2.05) is 78.1 Å². The number of aryl methyl sites for hydroxylation is 1. The summed E-state index contributed by atoms with van der Waals surface area (Å²) in [5.41, 5.74) is 14.4. The van der Waals surface area contributed by atoms with Crippen molar-refractivity contribution >= 4 is 38.1 Å². The van der Waals surface area contributed by atoms with Crippen LogP contribution in [0.15, 0.2) is 150 Å². The van der Waals surface area contributed by atoms with E-state index in [0.29, 0.717) is 23.4 Å². The molecule has 2 aliphatic rings. The van der Waals surface area contributed by atoms with Gasteiger partial charge >= 0.3 is 0 Å². The maximum Gasteiger partial charge on any atom is 0.227 e. The molecule has 0 spiro atoms. The fourth-order valence-corrected chi connectivity index (χ4v) is 9.94.